The molecule has 0 saturated carbocycles. The molecule has 190 valence electrons. The third kappa shape index (κ3) is 4.52. The van der Waals surface area contributed by atoms with Crippen LogP contribution in [0.3, 0.4) is 0 Å². The molecule has 1 aliphatic heterocycles. The molecule has 38 heavy (non-hydrogen) atoms. The summed E-state index contributed by atoms with van der Waals surface area (Å²) in [7, 11) is 0. The number of benzene rings is 3. The van der Waals surface area contributed by atoms with E-state index in [0.29, 0.717) is 17.9 Å². The average molecular weight is 521 g/mol. The second kappa shape index (κ2) is 10.3. The van der Waals surface area contributed by atoms with Gasteiger partial charge in [0.05, 0.1) is 18.8 Å². The van der Waals surface area contributed by atoms with Gasteiger partial charge in [0.25, 0.3) is 5.91 Å². The highest BCUT2D eigenvalue weighted by atomic mass is 32.1. The summed E-state index contributed by atoms with van der Waals surface area (Å²) < 4.78 is 5.59. The molecule has 6 heteroatoms. The fourth-order valence-corrected chi connectivity index (χ4v) is 6.34. The van der Waals surface area contributed by atoms with Crippen LogP contribution in [0.2, 0.25) is 0 Å². The van der Waals surface area contributed by atoms with Crippen LogP contribution in [0.15, 0.2) is 101 Å². The molecule has 0 bridgehead atoms. The number of carbonyl (C=O) groups is 2. The van der Waals surface area contributed by atoms with E-state index in [1.54, 1.807) is 28.6 Å². The van der Waals surface area contributed by atoms with Crippen LogP contribution in [0.5, 0.6) is 0 Å². The zero-order chi connectivity index (χ0) is 26.1. The monoisotopic (exact) mass is 520 g/mol. The lowest BCUT2D eigenvalue weighted by molar-refractivity contribution is -0.134. The van der Waals surface area contributed by atoms with Crippen molar-refractivity contribution in [3.63, 3.8) is 0 Å². The van der Waals surface area contributed by atoms with Crippen molar-refractivity contribution in [3.05, 3.63) is 129 Å². The van der Waals surface area contributed by atoms with Crippen LogP contribution in [0.1, 0.15) is 43.7 Å². The molecule has 0 N–H and O–H groups in total. The Labute approximate surface area is 225 Å². The molecule has 0 radical (unpaired) electrons. The number of hydrogen-bond donors (Lipinski definition) is 0. The van der Waals surface area contributed by atoms with Crippen molar-refractivity contribution >= 4 is 33.9 Å². The number of aryl methyl sites for hydroxylation is 1. The second-order valence-electron chi connectivity index (χ2n) is 9.66. The van der Waals surface area contributed by atoms with Crippen molar-refractivity contribution in [1.82, 2.24) is 9.80 Å². The molecule has 5 aromatic rings. The summed E-state index contributed by atoms with van der Waals surface area (Å²) >= 11 is 1.75. The lowest BCUT2D eigenvalue weighted by atomic mass is 9.90. The summed E-state index contributed by atoms with van der Waals surface area (Å²) in [6, 6.07) is 27.4. The van der Waals surface area contributed by atoms with E-state index in [-0.39, 0.29) is 30.9 Å². The molecule has 6 rings (SSSR count). The van der Waals surface area contributed by atoms with Crippen molar-refractivity contribution in [1.29, 1.82) is 0 Å². The number of hydrogen-bond acceptors (Lipinski definition) is 4. The fraction of sp³-hybridized carbons (Fsp3) is 0.188. The van der Waals surface area contributed by atoms with Gasteiger partial charge in [-0.15, -0.1) is 11.3 Å². The summed E-state index contributed by atoms with van der Waals surface area (Å²) in [5, 5.41) is 3.97. The molecule has 2 aromatic heterocycles. The summed E-state index contributed by atoms with van der Waals surface area (Å²) in [4.78, 5) is 32.9. The number of amides is 2. The van der Waals surface area contributed by atoms with Crippen LogP contribution in [0.4, 0.5) is 0 Å². The van der Waals surface area contributed by atoms with Crippen LogP contribution in [-0.4, -0.2) is 34.7 Å². The summed E-state index contributed by atoms with van der Waals surface area (Å²) in [5.74, 6) is 0.378. The molecule has 5 nitrogen and oxygen atoms in total. The third-order valence-corrected chi connectivity index (χ3v) is 8.33. The van der Waals surface area contributed by atoms with Gasteiger partial charge in [-0.1, -0.05) is 60.7 Å². The topological polar surface area (TPSA) is 53.8 Å². The fourth-order valence-electron chi connectivity index (χ4n) is 5.44. The van der Waals surface area contributed by atoms with Crippen molar-refractivity contribution in [2.45, 2.75) is 25.9 Å². The van der Waals surface area contributed by atoms with Gasteiger partial charge in [-0.2, -0.15) is 0 Å². The van der Waals surface area contributed by atoms with E-state index >= 15 is 0 Å². The number of rotatable bonds is 6. The van der Waals surface area contributed by atoms with Crippen LogP contribution in [0.25, 0.3) is 10.8 Å². The van der Waals surface area contributed by atoms with E-state index in [4.69, 9.17) is 4.42 Å². The predicted octanol–water partition coefficient (Wildman–Crippen LogP) is 6.62. The average Bonchev–Trinajstić information content (AvgIpc) is 3.64. The molecule has 1 atom stereocenters. The summed E-state index contributed by atoms with van der Waals surface area (Å²) in [6.07, 6.45) is 2.41. The largest absolute Gasteiger partial charge is 0.467 e. The molecule has 0 fully saturated rings. The Hall–Kier alpha value is -4.16. The number of nitrogens with zero attached hydrogens (tertiary/aromatic N) is 2. The van der Waals surface area contributed by atoms with Gasteiger partial charge in [-0.05, 0) is 70.5 Å². The zero-order valence-corrected chi connectivity index (χ0v) is 22.0. The molecular weight excluding hydrogens is 492 g/mol. The SMILES string of the molecule is Cc1ccccc1C1c2ccsc2CCN1C(=O)CN(Cc1ccco1)C(=O)c1cccc2ccccc12. The van der Waals surface area contributed by atoms with Crippen molar-refractivity contribution in [2.75, 3.05) is 13.1 Å². The Morgan fingerprint density at radius 1 is 0.947 bits per heavy atom. The Morgan fingerprint density at radius 3 is 2.61 bits per heavy atom. The van der Waals surface area contributed by atoms with Gasteiger partial charge >= 0.3 is 0 Å². The molecule has 3 heterocycles. The quantitative estimate of drug-likeness (QED) is 0.253. The third-order valence-electron chi connectivity index (χ3n) is 7.33. The Morgan fingerprint density at radius 2 is 1.76 bits per heavy atom. The van der Waals surface area contributed by atoms with Crippen molar-refractivity contribution in [3.8, 4) is 0 Å². The number of thiophene rings is 1. The standard InChI is InChI=1S/C32H28N2O3S/c1-22-8-2-4-12-25(22)31-28-16-19-38-29(28)15-17-34(31)30(35)21-33(20-24-11-7-18-37-24)32(36)27-14-6-10-23-9-3-5-13-26(23)27/h2-14,16,18-19,31H,15,17,20-21H2,1H3. The molecule has 1 aliphatic rings. The van der Waals surface area contributed by atoms with Gasteiger partial charge in [-0.3, -0.25) is 9.59 Å². The minimum atomic E-state index is -0.188. The van der Waals surface area contributed by atoms with E-state index in [1.807, 2.05) is 65.6 Å². The Balaban J connectivity index is 1.35. The van der Waals surface area contributed by atoms with Gasteiger partial charge in [0.2, 0.25) is 5.91 Å². The normalized spacial score (nSPS) is 14.9. The van der Waals surface area contributed by atoms with Gasteiger partial charge in [0.1, 0.15) is 12.3 Å². The van der Waals surface area contributed by atoms with Gasteiger partial charge in [0.15, 0.2) is 0 Å². The van der Waals surface area contributed by atoms with Crippen molar-refractivity contribution < 1.29 is 14.0 Å². The molecule has 0 saturated heterocycles. The predicted molar refractivity (Wildman–Crippen MR) is 150 cm³/mol. The first-order chi connectivity index (χ1) is 18.6. The van der Waals surface area contributed by atoms with Crippen LogP contribution in [-0.2, 0) is 17.8 Å². The molecule has 2 amide bonds. The molecule has 0 spiro atoms. The number of fused-ring (bicyclic) bond motifs is 2. The molecular formula is C32H28N2O3S. The smallest absolute Gasteiger partial charge is 0.255 e. The van der Waals surface area contributed by atoms with Gasteiger partial charge in [0, 0.05) is 17.0 Å². The maximum atomic E-state index is 14.1. The highest BCUT2D eigenvalue weighted by Gasteiger charge is 2.35. The summed E-state index contributed by atoms with van der Waals surface area (Å²) in [6.45, 7) is 2.88. The maximum absolute atomic E-state index is 14.1. The van der Waals surface area contributed by atoms with E-state index in [9.17, 15) is 9.59 Å². The summed E-state index contributed by atoms with van der Waals surface area (Å²) in [5.41, 5.74) is 4.03. The molecule has 1 unspecified atom stereocenters. The van der Waals surface area contributed by atoms with Crippen LogP contribution < -0.4 is 0 Å². The van der Waals surface area contributed by atoms with Crippen LogP contribution >= 0.6 is 11.3 Å². The first kappa shape index (κ1) is 24.2. The van der Waals surface area contributed by atoms with E-state index in [0.717, 1.165) is 28.3 Å². The molecule has 3 aromatic carbocycles. The lowest BCUT2D eigenvalue weighted by Crippen LogP contribution is -2.46. The van der Waals surface area contributed by atoms with E-state index in [2.05, 4.69) is 30.5 Å². The van der Waals surface area contributed by atoms with Gasteiger partial charge in [-0.25, -0.2) is 0 Å². The lowest BCUT2D eigenvalue weighted by Gasteiger charge is -2.38. The van der Waals surface area contributed by atoms with Crippen molar-refractivity contribution in [2.24, 2.45) is 0 Å². The Kier molecular flexibility index (Phi) is 6.56. The number of carbonyl (C=O) groups excluding carboxylic acids is 2. The zero-order valence-electron chi connectivity index (χ0n) is 21.2. The first-order valence-corrected chi connectivity index (χ1v) is 13.7. The maximum Gasteiger partial charge on any atom is 0.255 e. The Bertz CT molecular complexity index is 1600. The molecule has 0 aliphatic carbocycles. The van der Waals surface area contributed by atoms with E-state index < -0.39 is 0 Å². The second-order valence-corrected chi connectivity index (χ2v) is 10.7. The van der Waals surface area contributed by atoms with Gasteiger partial charge < -0.3 is 14.2 Å². The van der Waals surface area contributed by atoms with E-state index in [1.165, 1.54) is 10.4 Å². The number of furan rings is 1. The first-order valence-electron chi connectivity index (χ1n) is 12.8. The highest BCUT2D eigenvalue weighted by Crippen LogP contribution is 2.39. The minimum absolute atomic E-state index is 0.0371. The van der Waals surface area contributed by atoms with Crippen LogP contribution in [0, 0.1) is 6.92 Å². The minimum Gasteiger partial charge on any atom is -0.467 e. The highest BCUT2D eigenvalue weighted by molar-refractivity contribution is 7.10.